The fraction of sp³-hybridized carbons (Fsp3) is 0.111. The van der Waals surface area contributed by atoms with Crippen LogP contribution in [-0.4, -0.2) is 30.2 Å². The summed E-state index contributed by atoms with van der Waals surface area (Å²) in [6, 6.07) is 14.6. The SMILES string of the molecule is COC(=O)c1cn(C(=O)COc2ccc(I)cc2)c2ccccc12. The highest BCUT2D eigenvalue weighted by Gasteiger charge is 2.18. The Labute approximate surface area is 152 Å². The first-order chi connectivity index (χ1) is 11.6. The number of esters is 1. The molecule has 1 heterocycles. The van der Waals surface area contributed by atoms with Crippen molar-refractivity contribution in [1.29, 1.82) is 0 Å². The van der Waals surface area contributed by atoms with E-state index in [-0.39, 0.29) is 12.5 Å². The summed E-state index contributed by atoms with van der Waals surface area (Å²) < 4.78 is 12.8. The van der Waals surface area contributed by atoms with Crippen molar-refractivity contribution in [3.63, 3.8) is 0 Å². The van der Waals surface area contributed by atoms with Gasteiger partial charge in [-0.1, -0.05) is 18.2 Å². The topological polar surface area (TPSA) is 57.5 Å². The summed E-state index contributed by atoms with van der Waals surface area (Å²) in [6.07, 6.45) is 1.50. The fourth-order valence-corrected chi connectivity index (χ4v) is 2.76. The Morgan fingerprint density at radius 2 is 1.79 bits per heavy atom. The van der Waals surface area contributed by atoms with Gasteiger partial charge in [0.05, 0.1) is 18.2 Å². The zero-order valence-corrected chi connectivity index (χ0v) is 15.0. The van der Waals surface area contributed by atoms with E-state index in [1.54, 1.807) is 12.1 Å². The van der Waals surface area contributed by atoms with Gasteiger partial charge in [0.15, 0.2) is 6.61 Å². The number of hydrogen-bond acceptors (Lipinski definition) is 4. The first kappa shape index (κ1) is 16.5. The van der Waals surface area contributed by atoms with E-state index < -0.39 is 5.97 Å². The third-order valence-electron chi connectivity index (χ3n) is 3.56. The molecule has 0 unspecified atom stereocenters. The van der Waals surface area contributed by atoms with Gasteiger partial charge in [-0.2, -0.15) is 0 Å². The highest BCUT2D eigenvalue weighted by atomic mass is 127. The molecule has 122 valence electrons. The number of carbonyl (C=O) groups is 2. The maximum absolute atomic E-state index is 12.5. The minimum Gasteiger partial charge on any atom is -0.484 e. The van der Waals surface area contributed by atoms with Crippen molar-refractivity contribution < 1.29 is 19.1 Å². The summed E-state index contributed by atoms with van der Waals surface area (Å²) in [5.74, 6) is -0.121. The van der Waals surface area contributed by atoms with Crippen molar-refractivity contribution in [2.75, 3.05) is 13.7 Å². The number of nitrogens with zero attached hydrogens (tertiary/aromatic N) is 1. The lowest BCUT2D eigenvalue weighted by atomic mass is 10.2. The molecule has 0 saturated carbocycles. The molecule has 0 aliphatic rings. The molecular formula is C18H14INO4. The molecule has 0 aliphatic heterocycles. The molecule has 0 radical (unpaired) electrons. The number of fused-ring (bicyclic) bond motifs is 1. The lowest BCUT2D eigenvalue weighted by Crippen LogP contribution is -2.18. The maximum atomic E-state index is 12.5. The van der Waals surface area contributed by atoms with Crippen LogP contribution < -0.4 is 4.74 Å². The van der Waals surface area contributed by atoms with Crippen LogP contribution in [0, 0.1) is 3.57 Å². The summed E-state index contributed by atoms with van der Waals surface area (Å²) >= 11 is 2.20. The van der Waals surface area contributed by atoms with E-state index in [1.165, 1.54) is 17.9 Å². The molecule has 6 heteroatoms. The first-order valence-electron chi connectivity index (χ1n) is 7.20. The van der Waals surface area contributed by atoms with Gasteiger partial charge in [0.1, 0.15) is 5.75 Å². The Bertz CT molecular complexity index is 899. The molecule has 0 amide bonds. The Balaban J connectivity index is 1.87. The van der Waals surface area contributed by atoms with Gasteiger partial charge in [0, 0.05) is 15.2 Å². The van der Waals surface area contributed by atoms with Gasteiger partial charge >= 0.3 is 5.97 Å². The van der Waals surface area contributed by atoms with Crippen LogP contribution in [-0.2, 0) is 4.74 Å². The van der Waals surface area contributed by atoms with Crippen molar-refractivity contribution >= 4 is 45.4 Å². The molecule has 0 aliphatic carbocycles. The predicted octanol–water partition coefficient (Wildman–Crippen LogP) is 3.75. The van der Waals surface area contributed by atoms with Crippen molar-refractivity contribution in [3.8, 4) is 5.75 Å². The minimum atomic E-state index is -0.476. The highest BCUT2D eigenvalue weighted by molar-refractivity contribution is 14.1. The second-order valence-electron chi connectivity index (χ2n) is 5.06. The average Bonchev–Trinajstić information content (AvgIpc) is 3.00. The average molecular weight is 435 g/mol. The fourth-order valence-electron chi connectivity index (χ4n) is 2.40. The monoisotopic (exact) mass is 435 g/mol. The smallest absolute Gasteiger partial charge is 0.340 e. The summed E-state index contributed by atoms with van der Waals surface area (Å²) in [7, 11) is 1.32. The Morgan fingerprint density at radius 1 is 1.08 bits per heavy atom. The third-order valence-corrected chi connectivity index (χ3v) is 4.28. The van der Waals surface area contributed by atoms with Gasteiger partial charge in [0.25, 0.3) is 5.91 Å². The normalized spacial score (nSPS) is 10.6. The van der Waals surface area contributed by atoms with Crippen LogP contribution in [0.25, 0.3) is 10.9 Å². The molecule has 3 aromatic rings. The molecule has 0 bridgehead atoms. The molecular weight excluding hydrogens is 421 g/mol. The molecule has 5 nitrogen and oxygen atoms in total. The Hall–Kier alpha value is -2.35. The van der Waals surface area contributed by atoms with Gasteiger partial charge in [-0.05, 0) is 52.9 Å². The minimum absolute atomic E-state index is 0.125. The van der Waals surface area contributed by atoms with Gasteiger partial charge in [0.2, 0.25) is 0 Å². The van der Waals surface area contributed by atoms with E-state index in [2.05, 4.69) is 22.6 Å². The zero-order valence-electron chi connectivity index (χ0n) is 12.9. The number of ether oxygens (including phenoxy) is 2. The number of rotatable bonds is 4. The van der Waals surface area contributed by atoms with E-state index in [0.717, 1.165) is 3.57 Å². The van der Waals surface area contributed by atoms with E-state index in [4.69, 9.17) is 9.47 Å². The molecule has 0 atom stereocenters. The summed E-state index contributed by atoms with van der Waals surface area (Å²) in [4.78, 5) is 24.4. The van der Waals surface area contributed by atoms with Crippen molar-refractivity contribution in [2.45, 2.75) is 0 Å². The maximum Gasteiger partial charge on any atom is 0.340 e. The van der Waals surface area contributed by atoms with Crippen molar-refractivity contribution in [2.24, 2.45) is 0 Å². The van der Waals surface area contributed by atoms with Crippen molar-refractivity contribution in [3.05, 3.63) is 63.9 Å². The lowest BCUT2D eigenvalue weighted by Gasteiger charge is -2.07. The van der Waals surface area contributed by atoms with Crippen LogP contribution >= 0.6 is 22.6 Å². The predicted molar refractivity (Wildman–Crippen MR) is 98.6 cm³/mol. The second-order valence-corrected chi connectivity index (χ2v) is 6.30. The van der Waals surface area contributed by atoms with Crippen LogP contribution in [0.15, 0.2) is 54.7 Å². The van der Waals surface area contributed by atoms with Gasteiger partial charge < -0.3 is 9.47 Å². The zero-order chi connectivity index (χ0) is 17.1. The van der Waals surface area contributed by atoms with Gasteiger partial charge in [-0.15, -0.1) is 0 Å². The quantitative estimate of drug-likeness (QED) is 0.463. The Morgan fingerprint density at radius 3 is 2.50 bits per heavy atom. The van der Waals surface area contributed by atoms with Gasteiger partial charge in [-0.3, -0.25) is 9.36 Å². The summed E-state index contributed by atoms with van der Waals surface area (Å²) in [5.41, 5.74) is 1.00. The number of aromatic nitrogens is 1. The van der Waals surface area contributed by atoms with Crippen LogP contribution in [0.5, 0.6) is 5.75 Å². The number of para-hydroxylation sites is 1. The van der Waals surface area contributed by atoms with E-state index in [1.807, 2.05) is 36.4 Å². The molecule has 24 heavy (non-hydrogen) atoms. The number of carbonyl (C=O) groups excluding carboxylic acids is 2. The molecule has 3 rings (SSSR count). The van der Waals surface area contributed by atoms with Crippen LogP contribution in [0.3, 0.4) is 0 Å². The molecule has 0 saturated heterocycles. The largest absolute Gasteiger partial charge is 0.484 e. The number of benzene rings is 2. The van der Waals surface area contributed by atoms with Crippen LogP contribution in [0.2, 0.25) is 0 Å². The van der Waals surface area contributed by atoms with E-state index in [9.17, 15) is 9.59 Å². The van der Waals surface area contributed by atoms with E-state index >= 15 is 0 Å². The molecule has 0 N–H and O–H groups in total. The molecule has 0 fully saturated rings. The molecule has 1 aromatic heterocycles. The number of hydrogen-bond donors (Lipinski definition) is 0. The summed E-state index contributed by atoms with van der Waals surface area (Å²) in [6.45, 7) is -0.125. The standard InChI is InChI=1S/C18H14INO4/c1-23-18(22)15-10-20(16-5-3-2-4-14(15)16)17(21)11-24-13-8-6-12(19)7-9-13/h2-10H,11H2,1H3. The summed E-state index contributed by atoms with van der Waals surface area (Å²) in [5, 5.41) is 0.673. The van der Waals surface area contributed by atoms with Crippen LogP contribution in [0.1, 0.15) is 15.2 Å². The number of methoxy groups -OCH3 is 1. The van der Waals surface area contributed by atoms with Crippen LogP contribution in [0.4, 0.5) is 0 Å². The highest BCUT2D eigenvalue weighted by Crippen LogP contribution is 2.22. The first-order valence-corrected chi connectivity index (χ1v) is 8.28. The lowest BCUT2D eigenvalue weighted by molar-refractivity contribution is 0.0603. The molecule has 2 aromatic carbocycles. The third kappa shape index (κ3) is 3.28. The Kier molecular flexibility index (Phi) is 4.84. The van der Waals surface area contributed by atoms with E-state index in [0.29, 0.717) is 22.2 Å². The number of halogens is 1. The second kappa shape index (κ2) is 7.04. The van der Waals surface area contributed by atoms with Crippen molar-refractivity contribution in [1.82, 2.24) is 4.57 Å². The molecule has 0 spiro atoms. The van der Waals surface area contributed by atoms with Gasteiger partial charge in [-0.25, -0.2) is 4.79 Å².